The van der Waals surface area contributed by atoms with Gasteiger partial charge in [0.2, 0.25) is 0 Å². The Hall–Kier alpha value is -2.42. The molecule has 0 atom stereocenters. The van der Waals surface area contributed by atoms with Crippen LogP contribution in [0.1, 0.15) is 5.76 Å². The number of hydrogen-bond acceptors (Lipinski definition) is 3. The first-order valence-electron chi connectivity index (χ1n) is 7.81. The number of benzene rings is 2. The van der Waals surface area contributed by atoms with Crippen LogP contribution in [0.2, 0.25) is 20.1 Å². The number of nitrogens with zero attached hydrogens (tertiary/aromatic N) is 1. The third-order valence-corrected chi connectivity index (χ3v) is 4.78. The molecule has 1 N–H and O–H groups in total. The summed E-state index contributed by atoms with van der Waals surface area (Å²) < 4.78 is 5.68. The van der Waals surface area contributed by atoms with E-state index in [0.717, 1.165) is 0 Å². The number of nitrogens with one attached hydrogen (secondary N) is 1. The highest BCUT2D eigenvalue weighted by atomic mass is 35.5. The van der Waals surface area contributed by atoms with E-state index in [0.29, 0.717) is 42.9 Å². The summed E-state index contributed by atoms with van der Waals surface area (Å²) in [4.78, 5) is 12.4. The van der Waals surface area contributed by atoms with E-state index in [4.69, 9.17) is 50.8 Å². The number of halogens is 4. The zero-order chi connectivity index (χ0) is 20.3. The largest absolute Gasteiger partial charge is 0.457 e. The summed E-state index contributed by atoms with van der Waals surface area (Å²) in [6.45, 7) is 0. The molecule has 0 aliphatic rings. The molecule has 4 nitrogen and oxygen atoms in total. The Bertz CT molecular complexity index is 1130. The van der Waals surface area contributed by atoms with E-state index in [2.05, 4.69) is 5.32 Å². The Kier molecular flexibility index (Phi) is 6.33. The molecule has 0 saturated carbocycles. The van der Waals surface area contributed by atoms with E-state index < -0.39 is 5.91 Å². The summed E-state index contributed by atoms with van der Waals surface area (Å²) in [5.41, 5.74) is 0.725. The highest BCUT2D eigenvalue weighted by Gasteiger charge is 2.14. The van der Waals surface area contributed by atoms with Crippen LogP contribution in [0.5, 0.6) is 0 Å². The Morgan fingerprint density at radius 3 is 2.36 bits per heavy atom. The smallest absolute Gasteiger partial charge is 0.266 e. The third-order valence-electron chi connectivity index (χ3n) is 3.65. The summed E-state index contributed by atoms with van der Waals surface area (Å²) in [6, 6.07) is 14.7. The number of carbonyl (C=O) groups is 1. The van der Waals surface area contributed by atoms with E-state index in [1.165, 1.54) is 12.1 Å². The first kappa shape index (κ1) is 20.3. The van der Waals surface area contributed by atoms with E-state index in [-0.39, 0.29) is 5.57 Å². The van der Waals surface area contributed by atoms with Gasteiger partial charge < -0.3 is 9.73 Å². The van der Waals surface area contributed by atoms with Crippen molar-refractivity contribution in [1.82, 2.24) is 0 Å². The van der Waals surface area contributed by atoms with Gasteiger partial charge >= 0.3 is 0 Å². The average Bonchev–Trinajstić information content (AvgIpc) is 3.13. The van der Waals surface area contributed by atoms with Crippen molar-refractivity contribution in [1.29, 1.82) is 5.26 Å². The molecule has 0 aliphatic heterocycles. The van der Waals surface area contributed by atoms with E-state index in [1.807, 2.05) is 6.07 Å². The standard InChI is InChI=1S/C20H10Cl4N2O2/c21-12-1-4-16(23)15(8-12)19-6-3-14(28-19)7-11(10-25)20(27)26-18-9-13(22)2-5-17(18)24/h1-9H,(H,26,27)/b11-7+. The third kappa shape index (κ3) is 4.70. The van der Waals surface area contributed by atoms with Crippen molar-refractivity contribution in [3.05, 3.63) is 80.0 Å². The van der Waals surface area contributed by atoms with Crippen LogP contribution in [0.25, 0.3) is 17.4 Å². The SMILES string of the molecule is N#C/C(=C\c1ccc(-c2cc(Cl)ccc2Cl)o1)C(=O)Nc1cc(Cl)ccc1Cl. The molecule has 1 amide bonds. The lowest BCUT2D eigenvalue weighted by Crippen LogP contribution is -2.13. The second-order valence-corrected chi connectivity index (χ2v) is 7.26. The summed E-state index contributed by atoms with van der Waals surface area (Å²) >= 11 is 24.1. The highest BCUT2D eigenvalue weighted by Crippen LogP contribution is 2.32. The number of nitriles is 1. The minimum Gasteiger partial charge on any atom is -0.457 e. The van der Waals surface area contributed by atoms with Crippen LogP contribution < -0.4 is 5.32 Å². The van der Waals surface area contributed by atoms with Crippen molar-refractivity contribution in [3.63, 3.8) is 0 Å². The van der Waals surface area contributed by atoms with E-state index in [9.17, 15) is 10.1 Å². The summed E-state index contributed by atoms with van der Waals surface area (Å²) in [5.74, 6) is 0.106. The molecule has 0 bridgehead atoms. The zero-order valence-corrected chi connectivity index (χ0v) is 17.0. The van der Waals surface area contributed by atoms with Gasteiger partial charge in [0.05, 0.1) is 15.7 Å². The summed E-state index contributed by atoms with van der Waals surface area (Å²) in [7, 11) is 0. The van der Waals surface area contributed by atoms with Crippen molar-refractivity contribution in [2.75, 3.05) is 5.32 Å². The molecule has 2 aromatic carbocycles. The van der Waals surface area contributed by atoms with Crippen LogP contribution in [0, 0.1) is 11.3 Å². The predicted octanol–water partition coefficient (Wildman–Crippen LogP) is 7.11. The minimum atomic E-state index is -0.648. The summed E-state index contributed by atoms with van der Waals surface area (Å²) in [5, 5.41) is 13.6. The lowest BCUT2D eigenvalue weighted by Gasteiger charge is -2.06. The molecule has 1 heterocycles. The minimum absolute atomic E-state index is 0.172. The number of amides is 1. The molecule has 8 heteroatoms. The number of anilines is 1. The van der Waals surface area contributed by atoms with Crippen molar-refractivity contribution >= 4 is 64.1 Å². The molecular weight excluding hydrogens is 442 g/mol. The predicted molar refractivity (Wildman–Crippen MR) is 113 cm³/mol. The highest BCUT2D eigenvalue weighted by molar-refractivity contribution is 6.36. The van der Waals surface area contributed by atoms with Crippen molar-refractivity contribution < 1.29 is 9.21 Å². The quantitative estimate of drug-likeness (QED) is 0.339. The molecule has 3 aromatic rings. The van der Waals surface area contributed by atoms with Crippen molar-refractivity contribution in [2.45, 2.75) is 0 Å². The molecule has 0 unspecified atom stereocenters. The van der Waals surface area contributed by atoms with Crippen LogP contribution in [0.15, 0.2) is 58.5 Å². The van der Waals surface area contributed by atoms with Crippen LogP contribution >= 0.6 is 46.4 Å². The number of furan rings is 1. The fourth-order valence-corrected chi connectivity index (χ4v) is 3.05. The number of hydrogen-bond donors (Lipinski definition) is 1. The molecule has 140 valence electrons. The van der Waals surface area contributed by atoms with Crippen LogP contribution in [0.4, 0.5) is 5.69 Å². The first-order valence-corrected chi connectivity index (χ1v) is 9.32. The van der Waals surface area contributed by atoms with Crippen molar-refractivity contribution in [2.24, 2.45) is 0 Å². The van der Waals surface area contributed by atoms with Crippen molar-refractivity contribution in [3.8, 4) is 17.4 Å². The molecule has 0 spiro atoms. The molecule has 1 aromatic heterocycles. The Labute approximate surface area is 180 Å². The van der Waals surface area contributed by atoms with Gasteiger partial charge in [0.15, 0.2) is 0 Å². The van der Waals surface area contributed by atoms with Gasteiger partial charge in [-0.1, -0.05) is 46.4 Å². The van der Waals surface area contributed by atoms with Gasteiger partial charge in [-0.3, -0.25) is 4.79 Å². The van der Waals surface area contributed by atoms with Gasteiger partial charge in [0.25, 0.3) is 5.91 Å². The molecular formula is C20H10Cl4N2O2. The van der Waals surface area contributed by atoms with Gasteiger partial charge in [-0.05, 0) is 48.5 Å². The number of carbonyl (C=O) groups excluding carboxylic acids is 1. The second-order valence-electron chi connectivity index (χ2n) is 5.57. The lowest BCUT2D eigenvalue weighted by atomic mass is 10.2. The molecule has 28 heavy (non-hydrogen) atoms. The van der Waals surface area contributed by atoms with Gasteiger partial charge in [-0.25, -0.2) is 0 Å². The van der Waals surface area contributed by atoms with E-state index >= 15 is 0 Å². The molecule has 3 rings (SSSR count). The monoisotopic (exact) mass is 450 g/mol. The Balaban J connectivity index is 1.86. The van der Waals surface area contributed by atoms with Crippen LogP contribution in [-0.2, 0) is 4.79 Å². The molecule has 0 radical (unpaired) electrons. The summed E-state index contributed by atoms with van der Waals surface area (Å²) in [6.07, 6.45) is 1.32. The maximum atomic E-state index is 12.4. The van der Waals surface area contributed by atoms with Crippen LogP contribution in [0.3, 0.4) is 0 Å². The second kappa shape index (κ2) is 8.72. The molecule has 0 fully saturated rings. The lowest BCUT2D eigenvalue weighted by molar-refractivity contribution is -0.112. The topological polar surface area (TPSA) is 66.0 Å². The fourth-order valence-electron chi connectivity index (χ4n) is 2.34. The fraction of sp³-hybridized carbons (Fsp3) is 0. The van der Waals surface area contributed by atoms with Crippen LogP contribution in [-0.4, -0.2) is 5.91 Å². The maximum absolute atomic E-state index is 12.4. The molecule has 0 aliphatic carbocycles. The average molecular weight is 452 g/mol. The number of rotatable bonds is 4. The van der Waals surface area contributed by atoms with E-state index in [1.54, 1.807) is 42.5 Å². The normalized spacial score (nSPS) is 11.2. The van der Waals surface area contributed by atoms with Gasteiger partial charge in [0, 0.05) is 21.7 Å². The van der Waals surface area contributed by atoms with Gasteiger partial charge in [0.1, 0.15) is 23.2 Å². The first-order chi connectivity index (χ1) is 13.4. The Morgan fingerprint density at radius 1 is 0.964 bits per heavy atom. The zero-order valence-electron chi connectivity index (χ0n) is 14.0. The maximum Gasteiger partial charge on any atom is 0.266 e. The molecule has 0 saturated heterocycles. The van der Waals surface area contributed by atoms with Gasteiger partial charge in [-0.15, -0.1) is 0 Å². The van der Waals surface area contributed by atoms with Gasteiger partial charge in [-0.2, -0.15) is 5.26 Å². The Morgan fingerprint density at radius 2 is 1.64 bits per heavy atom.